The van der Waals surface area contributed by atoms with Crippen molar-refractivity contribution in [2.45, 2.75) is 81.4 Å². The number of nitrogens with zero attached hydrogens (tertiary/aromatic N) is 3. The molecule has 0 radical (unpaired) electrons. The molecule has 4 rings (SSSR count). The number of unbranched alkanes of at least 4 members (excludes halogenated alkanes) is 6. The van der Waals surface area contributed by atoms with E-state index < -0.39 is 0 Å². The molecule has 0 aliphatic heterocycles. The van der Waals surface area contributed by atoms with E-state index in [1.165, 1.54) is 38.5 Å². The summed E-state index contributed by atoms with van der Waals surface area (Å²) in [6, 6.07) is 16.7. The molecule has 1 heterocycles. The number of rotatable bonds is 18. The molecule has 0 amide bonds. The van der Waals surface area contributed by atoms with Gasteiger partial charge >= 0.3 is 0 Å². The summed E-state index contributed by atoms with van der Waals surface area (Å²) < 4.78 is 0. The van der Waals surface area contributed by atoms with Gasteiger partial charge in [0.1, 0.15) is 17.2 Å². The number of phenols is 3. The first-order valence-corrected chi connectivity index (χ1v) is 20.2. The molecular formula is C37H47N3O3S3. The quantitative estimate of drug-likeness (QED) is 0.0544. The Bertz CT molecular complexity index is 1530. The van der Waals surface area contributed by atoms with Gasteiger partial charge in [-0.05, 0) is 96.9 Å². The van der Waals surface area contributed by atoms with E-state index in [1.54, 1.807) is 41.7 Å². The Morgan fingerprint density at radius 1 is 0.609 bits per heavy atom. The fourth-order valence-corrected chi connectivity index (χ4v) is 7.44. The Kier molecular flexibility index (Phi) is 14.3. The van der Waals surface area contributed by atoms with Gasteiger partial charge in [0.25, 0.3) is 0 Å². The fourth-order valence-electron chi connectivity index (χ4n) is 4.97. The molecule has 0 saturated heterocycles. The molecule has 0 aliphatic carbocycles. The van der Waals surface area contributed by atoms with Gasteiger partial charge in [0, 0.05) is 9.79 Å². The van der Waals surface area contributed by atoms with Gasteiger partial charge in [-0.1, -0.05) is 64.3 Å². The van der Waals surface area contributed by atoms with Crippen molar-refractivity contribution in [3.05, 3.63) is 60.2 Å². The molecule has 0 fully saturated rings. The maximum absolute atomic E-state index is 11.1. The molecule has 0 spiro atoms. The lowest BCUT2D eigenvalue weighted by molar-refractivity contribution is 0.475. The van der Waals surface area contributed by atoms with Crippen molar-refractivity contribution in [1.29, 1.82) is 0 Å². The van der Waals surface area contributed by atoms with Crippen LogP contribution < -0.4 is 0 Å². The Morgan fingerprint density at radius 2 is 1.04 bits per heavy atom. The maximum Gasteiger partial charge on any atom is 0.167 e. The molecule has 9 heteroatoms. The van der Waals surface area contributed by atoms with Crippen LogP contribution in [0.1, 0.15) is 70.8 Å². The Hall–Kier alpha value is -3.01. The molecular weight excluding hydrogens is 631 g/mol. The van der Waals surface area contributed by atoms with Gasteiger partial charge < -0.3 is 15.3 Å². The van der Waals surface area contributed by atoms with E-state index in [9.17, 15) is 15.3 Å². The third-order valence-electron chi connectivity index (χ3n) is 7.63. The SMILES string of the molecule is C=S(C)CCc1ccc(-c2nc(-c3ccc(SCCCCCC)cc3O)nc(-c3ccc(SCCCCCC)cc3O)n2)c(O)c1. The Labute approximate surface area is 285 Å². The second-order valence-corrected chi connectivity index (χ2v) is 15.9. The number of hydrogen-bond donors (Lipinski definition) is 3. The summed E-state index contributed by atoms with van der Waals surface area (Å²) in [6.07, 6.45) is 12.5. The molecule has 1 unspecified atom stereocenters. The molecule has 0 bridgehead atoms. The lowest BCUT2D eigenvalue weighted by Gasteiger charge is -2.13. The standard InChI is InChI=1S/C37H47N3O3S3/c1-5-7-9-11-20-44-27-14-17-30(33(42)24-27)36-38-35(29-16-13-26(23-32(29)41)19-22-46(3)4)39-37(40-36)31-18-15-28(25-34(31)43)45-21-12-10-8-6-2/h13-18,23-25,41-43H,3,5-12,19-22H2,1-2,4H3. The first-order chi connectivity index (χ1) is 22.3. The molecule has 1 aromatic heterocycles. The minimum atomic E-state index is 0.0566. The molecule has 0 aliphatic rings. The van der Waals surface area contributed by atoms with Crippen LogP contribution in [0, 0.1) is 0 Å². The van der Waals surface area contributed by atoms with E-state index in [0.717, 1.165) is 51.9 Å². The van der Waals surface area contributed by atoms with Crippen LogP contribution in [-0.4, -0.2) is 59.7 Å². The van der Waals surface area contributed by atoms with Crippen LogP contribution in [0.3, 0.4) is 0 Å². The van der Waals surface area contributed by atoms with Crippen LogP contribution in [0.25, 0.3) is 34.2 Å². The summed E-state index contributed by atoms with van der Waals surface area (Å²) in [4.78, 5) is 16.1. The summed E-state index contributed by atoms with van der Waals surface area (Å²) >= 11 is 3.45. The summed E-state index contributed by atoms with van der Waals surface area (Å²) in [5.41, 5.74) is 2.39. The number of phenolic OH excluding ortho intramolecular Hbond substituents is 3. The third-order valence-corrected chi connectivity index (χ3v) is 10.7. The van der Waals surface area contributed by atoms with Crippen molar-refractivity contribution in [2.75, 3.05) is 23.5 Å². The van der Waals surface area contributed by atoms with Crippen LogP contribution in [0.2, 0.25) is 0 Å². The second kappa shape index (κ2) is 18.4. The van der Waals surface area contributed by atoms with Gasteiger partial charge in [-0.15, -0.1) is 23.5 Å². The zero-order valence-corrected chi connectivity index (χ0v) is 29.7. The van der Waals surface area contributed by atoms with Crippen molar-refractivity contribution >= 4 is 39.9 Å². The first-order valence-electron chi connectivity index (χ1n) is 16.2. The van der Waals surface area contributed by atoms with Gasteiger partial charge in [0.15, 0.2) is 17.5 Å². The molecule has 6 nitrogen and oxygen atoms in total. The monoisotopic (exact) mass is 677 g/mol. The highest BCUT2D eigenvalue weighted by Crippen LogP contribution is 2.37. The molecule has 4 aromatic rings. The summed E-state index contributed by atoms with van der Waals surface area (Å²) in [5, 5.41) is 33.3. The van der Waals surface area contributed by atoms with E-state index >= 15 is 0 Å². The van der Waals surface area contributed by atoms with E-state index in [0.29, 0.717) is 16.7 Å². The van der Waals surface area contributed by atoms with E-state index in [4.69, 9.17) is 15.0 Å². The minimum absolute atomic E-state index is 0.0566. The van der Waals surface area contributed by atoms with Crippen LogP contribution in [0.5, 0.6) is 17.2 Å². The summed E-state index contributed by atoms with van der Waals surface area (Å²) in [7, 11) is 0.0566. The zero-order chi connectivity index (χ0) is 32.9. The lowest BCUT2D eigenvalue weighted by Crippen LogP contribution is -2.01. The van der Waals surface area contributed by atoms with Gasteiger partial charge in [-0.2, -0.15) is 10.5 Å². The number of aromatic hydroxyl groups is 3. The van der Waals surface area contributed by atoms with Crippen molar-refractivity contribution in [3.63, 3.8) is 0 Å². The Morgan fingerprint density at radius 3 is 1.43 bits per heavy atom. The van der Waals surface area contributed by atoms with Crippen molar-refractivity contribution in [3.8, 4) is 51.4 Å². The molecule has 3 aromatic carbocycles. The van der Waals surface area contributed by atoms with Crippen LogP contribution in [-0.2, 0) is 6.42 Å². The summed E-state index contributed by atoms with van der Waals surface area (Å²) in [5.74, 6) is 8.03. The number of aromatic nitrogens is 3. The van der Waals surface area contributed by atoms with Crippen molar-refractivity contribution in [2.24, 2.45) is 0 Å². The first kappa shape index (κ1) is 35.8. The normalized spacial score (nSPS) is 12.0. The highest BCUT2D eigenvalue weighted by molar-refractivity contribution is 8.13. The second-order valence-electron chi connectivity index (χ2n) is 11.6. The van der Waals surface area contributed by atoms with E-state index in [1.807, 2.05) is 36.4 Å². The van der Waals surface area contributed by atoms with Crippen LogP contribution >= 0.6 is 34.0 Å². The molecule has 0 saturated carbocycles. The van der Waals surface area contributed by atoms with Crippen LogP contribution in [0.15, 0.2) is 64.4 Å². The molecule has 1 atom stereocenters. The minimum Gasteiger partial charge on any atom is -0.507 e. The lowest BCUT2D eigenvalue weighted by atomic mass is 10.1. The maximum atomic E-state index is 11.1. The topological polar surface area (TPSA) is 99.4 Å². The van der Waals surface area contributed by atoms with Gasteiger partial charge in [0.2, 0.25) is 0 Å². The van der Waals surface area contributed by atoms with Gasteiger partial charge in [0.05, 0.1) is 16.7 Å². The van der Waals surface area contributed by atoms with Crippen molar-refractivity contribution < 1.29 is 15.3 Å². The number of aryl methyl sites for hydroxylation is 1. The number of hydrogen-bond acceptors (Lipinski definition) is 8. The molecule has 3 N–H and O–H groups in total. The van der Waals surface area contributed by atoms with E-state index in [-0.39, 0.29) is 45.2 Å². The predicted molar refractivity (Wildman–Crippen MR) is 200 cm³/mol. The van der Waals surface area contributed by atoms with Gasteiger partial charge in [-0.25, -0.2) is 15.0 Å². The zero-order valence-electron chi connectivity index (χ0n) is 27.3. The number of benzene rings is 3. The fraction of sp³-hybridized carbons (Fsp3) is 0.405. The average molecular weight is 678 g/mol. The largest absolute Gasteiger partial charge is 0.507 e. The van der Waals surface area contributed by atoms with Crippen molar-refractivity contribution in [1.82, 2.24) is 15.0 Å². The third kappa shape index (κ3) is 10.5. The van der Waals surface area contributed by atoms with Crippen LogP contribution in [0.4, 0.5) is 0 Å². The number of thioether (sulfide) groups is 2. The molecule has 246 valence electrons. The smallest absolute Gasteiger partial charge is 0.167 e. The highest BCUT2D eigenvalue weighted by atomic mass is 32.2. The van der Waals surface area contributed by atoms with Gasteiger partial charge in [-0.3, -0.25) is 0 Å². The van der Waals surface area contributed by atoms with E-state index in [2.05, 4.69) is 26.0 Å². The highest BCUT2D eigenvalue weighted by Gasteiger charge is 2.19. The molecule has 46 heavy (non-hydrogen) atoms. The average Bonchev–Trinajstić information content (AvgIpc) is 3.03. The predicted octanol–water partition coefficient (Wildman–Crippen LogP) is 10.2. The Balaban J connectivity index is 1.68. The summed E-state index contributed by atoms with van der Waals surface area (Å²) in [6.45, 7) is 4.41.